The maximum absolute atomic E-state index is 12.0. The third-order valence-electron chi connectivity index (χ3n) is 0.921. The molecule has 0 aromatic heterocycles. The third-order valence-corrected chi connectivity index (χ3v) is 0.921. The zero-order chi connectivity index (χ0) is 7.44. The molecule has 0 aliphatic rings. The van der Waals surface area contributed by atoms with Crippen LogP contribution in [0.5, 0.6) is 0 Å². The SMILES string of the molecule is C=C(C=C(C)F)B(C)O. The van der Waals surface area contributed by atoms with Crippen molar-refractivity contribution >= 4 is 6.92 Å². The Morgan fingerprint density at radius 2 is 2.22 bits per heavy atom. The maximum atomic E-state index is 12.0. The van der Waals surface area contributed by atoms with E-state index in [0.717, 1.165) is 0 Å². The third kappa shape index (κ3) is 3.97. The summed E-state index contributed by atoms with van der Waals surface area (Å²) in [6.07, 6.45) is 1.21. The second kappa shape index (κ2) is 3.46. The van der Waals surface area contributed by atoms with E-state index < -0.39 is 6.92 Å². The van der Waals surface area contributed by atoms with Gasteiger partial charge in [0.25, 0.3) is 0 Å². The van der Waals surface area contributed by atoms with Gasteiger partial charge in [-0.15, -0.1) is 6.58 Å². The summed E-state index contributed by atoms with van der Waals surface area (Å²) in [6.45, 7) is 5.63. The molecule has 0 aromatic carbocycles. The highest BCUT2D eigenvalue weighted by molar-refractivity contribution is 6.58. The predicted octanol–water partition coefficient (Wildman–Crippen LogP) is 1.57. The Kier molecular flexibility index (Phi) is 3.24. The van der Waals surface area contributed by atoms with E-state index in [2.05, 4.69) is 6.58 Å². The van der Waals surface area contributed by atoms with Crippen LogP contribution in [0, 0.1) is 0 Å². The van der Waals surface area contributed by atoms with Crippen LogP contribution in [0.4, 0.5) is 4.39 Å². The highest BCUT2D eigenvalue weighted by Gasteiger charge is 2.03. The Morgan fingerprint density at radius 3 is 2.33 bits per heavy atom. The lowest BCUT2D eigenvalue weighted by Crippen LogP contribution is -2.07. The number of rotatable bonds is 2. The molecule has 50 valence electrons. The quantitative estimate of drug-likeness (QED) is 0.442. The van der Waals surface area contributed by atoms with Crippen LogP contribution in [0.15, 0.2) is 24.0 Å². The topological polar surface area (TPSA) is 20.2 Å². The molecule has 0 aromatic rings. The van der Waals surface area contributed by atoms with Gasteiger partial charge < -0.3 is 5.02 Å². The molecule has 0 unspecified atom stereocenters. The number of halogens is 1. The van der Waals surface area contributed by atoms with Gasteiger partial charge in [0, 0.05) is 0 Å². The Hall–Kier alpha value is -0.565. The van der Waals surface area contributed by atoms with E-state index in [1.165, 1.54) is 13.0 Å². The van der Waals surface area contributed by atoms with Gasteiger partial charge in [0.15, 0.2) is 0 Å². The van der Waals surface area contributed by atoms with Crippen molar-refractivity contribution in [2.24, 2.45) is 0 Å². The molecule has 0 atom stereocenters. The van der Waals surface area contributed by atoms with E-state index in [-0.39, 0.29) is 5.83 Å². The molecule has 0 rings (SSSR count). The summed E-state index contributed by atoms with van der Waals surface area (Å²) in [4.78, 5) is 0. The van der Waals surface area contributed by atoms with Crippen LogP contribution in [0.2, 0.25) is 6.82 Å². The minimum atomic E-state index is -0.657. The van der Waals surface area contributed by atoms with Crippen molar-refractivity contribution < 1.29 is 9.41 Å². The lowest BCUT2D eigenvalue weighted by molar-refractivity contribution is 0.588. The molecule has 0 saturated carbocycles. The van der Waals surface area contributed by atoms with E-state index in [0.29, 0.717) is 5.47 Å². The monoisotopic (exact) mass is 128 g/mol. The Morgan fingerprint density at radius 1 is 1.78 bits per heavy atom. The van der Waals surface area contributed by atoms with Crippen molar-refractivity contribution in [2.45, 2.75) is 13.7 Å². The summed E-state index contributed by atoms with van der Waals surface area (Å²) in [5.41, 5.74) is 0.398. The van der Waals surface area contributed by atoms with Gasteiger partial charge in [-0.3, -0.25) is 0 Å². The van der Waals surface area contributed by atoms with Gasteiger partial charge in [0.05, 0.1) is 5.83 Å². The number of hydrogen-bond acceptors (Lipinski definition) is 1. The maximum Gasteiger partial charge on any atom is 0.319 e. The van der Waals surface area contributed by atoms with Crippen LogP contribution >= 0.6 is 0 Å². The van der Waals surface area contributed by atoms with Crippen LogP contribution < -0.4 is 0 Å². The summed E-state index contributed by atoms with van der Waals surface area (Å²) in [6, 6.07) is 0. The lowest BCUT2D eigenvalue weighted by Gasteiger charge is -1.96. The van der Waals surface area contributed by atoms with Crippen molar-refractivity contribution in [1.29, 1.82) is 0 Å². The standard InChI is InChI=1S/C6H10BFO/c1-5(7(3)9)4-6(2)8/h4,9H,1H2,2-3H3. The minimum Gasteiger partial charge on any atom is -0.447 e. The Labute approximate surface area is 55.0 Å². The van der Waals surface area contributed by atoms with Gasteiger partial charge in [-0.2, -0.15) is 0 Å². The highest BCUT2D eigenvalue weighted by atomic mass is 19.1. The fourth-order valence-electron chi connectivity index (χ4n) is 0.376. The first-order valence-electron chi connectivity index (χ1n) is 2.74. The van der Waals surface area contributed by atoms with Crippen molar-refractivity contribution in [3.63, 3.8) is 0 Å². The largest absolute Gasteiger partial charge is 0.447 e. The summed E-state index contributed by atoms with van der Waals surface area (Å²) in [5.74, 6) is -0.332. The zero-order valence-electron chi connectivity index (χ0n) is 5.69. The van der Waals surface area contributed by atoms with E-state index in [9.17, 15) is 4.39 Å². The van der Waals surface area contributed by atoms with Crippen LogP contribution in [0.3, 0.4) is 0 Å². The molecule has 0 amide bonds. The molecule has 1 N–H and O–H groups in total. The fraction of sp³-hybridized carbons (Fsp3) is 0.333. The Balaban J connectivity index is 3.93. The van der Waals surface area contributed by atoms with Crippen molar-refractivity contribution in [3.05, 3.63) is 24.0 Å². The summed E-state index contributed by atoms with van der Waals surface area (Å²) < 4.78 is 12.0. The van der Waals surface area contributed by atoms with Crippen molar-refractivity contribution in [1.82, 2.24) is 0 Å². The average Bonchev–Trinajstić information content (AvgIpc) is 1.63. The van der Waals surface area contributed by atoms with E-state index in [1.54, 1.807) is 6.82 Å². The van der Waals surface area contributed by atoms with E-state index >= 15 is 0 Å². The highest BCUT2D eigenvalue weighted by Crippen LogP contribution is 2.02. The molecule has 0 bridgehead atoms. The zero-order valence-corrected chi connectivity index (χ0v) is 5.69. The molecule has 9 heavy (non-hydrogen) atoms. The number of allylic oxidation sites excluding steroid dienone is 3. The average molecular weight is 128 g/mol. The predicted molar refractivity (Wildman–Crippen MR) is 37.8 cm³/mol. The van der Waals surface area contributed by atoms with Crippen LogP contribution in [-0.4, -0.2) is 11.9 Å². The van der Waals surface area contributed by atoms with Gasteiger partial charge >= 0.3 is 6.92 Å². The van der Waals surface area contributed by atoms with Crippen LogP contribution in [-0.2, 0) is 0 Å². The molecule has 3 heteroatoms. The lowest BCUT2D eigenvalue weighted by atomic mass is 9.64. The minimum absolute atomic E-state index is 0.332. The normalized spacial score (nSPS) is 11.3. The molecule has 1 nitrogen and oxygen atoms in total. The summed E-state index contributed by atoms with van der Waals surface area (Å²) >= 11 is 0. The fourth-order valence-corrected chi connectivity index (χ4v) is 0.376. The van der Waals surface area contributed by atoms with Crippen molar-refractivity contribution in [3.8, 4) is 0 Å². The first kappa shape index (κ1) is 8.43. The molecule has 0 aliphatic heterocycles. The number of hydrogen-bond donors (Lipinski definition) is 1. The molecule has 0 radical (unpaired) electrons. The van der Waals surface area contributed by atoms with Gasteiger partial charge in [-0.25, -0.2) is 4.39 Å². The Bertz CT molecular complexity index is 136. The van der Waals surface area contributed by atoms with Crippen LogP contribution in [0.1, 0.15) is 6.92 Å². The molecule has 0 spiro atoms. The van der Waals surface area contributed by atoms with Gasteiger partial charge in [0.2, 0.25) is 0 Å². The molecular weight excluding hydrogens is 118 g/mol. The molecule has 0 fully saturated rings. The second-order valence-electron chi connectivity index (χ2n) is 1.98. The van der Waals surface area contributed by atoms with E-state index in [1.807, 2.05) is 0 Å². The van der Waals surface area contributed by atoms with Crippen molar-refractivity contribution in [2.75, 3.05) is 0 Å². The van der Waals surface area contributed by atoms with Gasteiger partial charge in [0.1, 0.15) is 0 Å². The van der Waals surface area contributed by atoms with Gasteiger partial charge in [-0.05, 0) is 13.0 Å². The second-order valence-corrected chi connectivity index (χ2v) is 1.98. The van der Waals surface area contributed by atoms with Crippen LogP contribution in [0.25, 0.3) is 0 Å². The molecule has 0 saturated heterocycles. The summed E-state index contributed by atoms with van der Waals surface area (Å²) in [5, 5.41) is 8.76. The smallest absolute Gasteiger partial charge is 0.319 e. The van der Waals surface area contributed by atoms with Gasteiger partial charge in [-0.1, -0.05) is 12.3 Å². The molecule has 0 aliphatic carbocycles. The summed E-state index contributed by atoms with van der Waals surface area (Å²) in [7, 11) is 0. The first-order valence-corrected chi connectivity index (χ1v) is 2.74. The van der Waals surface area contributed by atoms with E-state index in [4.69, 9.17) is 5.02 Å². The molecule has 0 heterocycles. The first-order chi connectivity index (χ1) is 4.04. The molecular formula is C6H10BFO.